The lowest BCUT2D eigenvalue weighted by atomic mass is 9.64. The highest BCUT2D eigenvalue weighted by Crippen LogP contribution is 2.69. The molecule has 13 rings (SSSR count). The Balaban J connectivity index is 1.32. The Morgan fingerprint density at radius 1 is 0.449 bits per heavy atom. The summed E-state index contributed by atoms with van der Waals surface area (Å²) in [6.07, 6.45) is 0. The van der Waals surface area contributed by atoms with E-state index in [1.807, 2.05) is 0 Å². The van der Waals surface area contributed by atoms with E-state index in [-0.39, 0.29) is 16.2 Å². The van der Waals surface area contributed by atoms with Crippen LogP contribution in [-0.2, 0) is 21.9 Å². The Morgan fingerprint density at radius 2 is 0.980 bits per heavy atom. The number of pyridine rings is 2. The summed E-state index contributed by atoms with van der Waals surface area (Å²) in [5, 5.41) is 0. The first kappa shape index (κ1) is 25.6. The van der Waals surface area contributed by atoms with Crippen LogP contribution in [0.3, 0.4) is 0 Å². The largest absolute Gasteiger partial charge is 0.456 e. The quantitative estimate of drug-likeness (QED) is 0.156. The van der Waals surface area contributed by atoms with E-state index in [2.05, 4.69) is 158 Å². The van der Waals surface area contributed by atoms with E-state index < -0.39 is 5.66 Å². The van der Waals surface area contributed by atoms with Gasteiger partial charge in [-0.15, -0.1) is 0 Å². The zero-order valence-corrected chi connectivity index (χ0v) is 28.4. The van der Waals surface area contributed by atoms with Crippen molar-refractivity contribution in [1.82, 2.24) is 0 Å². The maximum atomic E-state index is 7.12. The van der Waals surface area contributed by atoms with E-state index >= 15 is 0 Å². The highest BCUT2D eigenvalue weighted by molar-refractivity contribution is 5.97. The molecule has 4 aromatic carbocycles. The Kier molecular flexibility index (Phi) is 3.72. The highest BCUT2D eigenvalue weighted by Gasteiger charge is 2.74. The summed E-state index contributed by atoms with van der Waals surface area (Å²) in [7, 11) is 0. The third-order valence-corrected chi connectivity index (χ3v) is 13.5. The minimum absolute atomic E-state index is 0.197. The molecule has 0 radical (unpaired) electrons. The summed E-state index contributed by atoms with van der Waals surface area (Å²) in [5.41, 5.74) is 16.9. The van der Waals surface area contributed by atoms with Crippen molar-refractivity contribution >= 4 is 34.4 Å². The highest BCUT2D eigenvalue weighted by atomic mass is 16.5. The molecule has 1 atom stereocenters. The molecule has 234 valence electrons. The third-order valence-electron chi connectivity index (χ3n) is 13.5. The number of hydrogen-bond donors (Lipinski definition) is 0. The Bertz CT molecular complexity index is 2670. The summed E-state index contributed by atoms with van der Waals surface area (Å²) in [6, 6.07) is 36.9. The van der Waals surface area contributed by atoms with Crippen LogP contribution in [0.25, 0.3) is 11.4 Å². The first-order valence-electron chi connectivity index (χ1n) is 17.6. The van der Waals surface area contributed by atoms with Crippen LogP contribution in [0.1, 0.15) is 86.1 Å². The summed E-state index contributed by atoms with van der Waals surface area (Å²) in [6.45, 7) is 14.5. The van der Waals surface area contributed by atoms with Gasteiger partial charge in [0.25, 0.3) is 11.6 Å². The summed E-state index contributed by atoms with van der Waals surface area (Å²) >= 11 is 0. The van der Waals surface area contributed by atoms with Crippen LogP contribution in [-0.4, -0.2) is 0 Å². The second kappa shape index (κ2) is 7.13. The van der Waals surface area contributed by atoms with Gasteiger partial charge in [0, 0.05) is 38.5 Å². The molecule has 1 spiro atoms. The fourth-order valence-electron chi connectivity index (χ4n) is 11.3. The minimum Gasteiger partial charge on any atom is -0.456 e. The smallest absolute Gasteiger partial charge is 0.323 e. The summed E-state index contributed by atoms with van der Waals surface area (Å²) in [5.74, 6) is 4.42. The van der Waals surface area contributed by atoms with Crippen molar-refractivity contribution in [3.63, 3.8) is 0 Å². The number of rotatable bonds is 0. The summed E-state index contributed by atoms with van der Waals surface area (Å²) in [4.78, 5) is 5.18. The molecule has 0 amide bonds. The molecule has 0 fully saturated rings. The van der Waals surface area contributed by atoms with Gasteiger partial charge in [-0.25, -0.2) is 0 Å². The van der Waals surface area contributed by atoms with E-state index in [9.17, 15) is 0 Å². The molecule has 5 heteroatoms. The fraction of sp³-hybridized carbons (Fsp3) is 0.227. The van der Waals surface area contributed by atoms with Crippen LogP contribution in [0.5, 0.6) is 11.5 Å². The number of benzene rings is 4. The number of fused-ring (bicyclic) bond motifs is 4. The van der Waals surface area contributed by atoms with Crippen LogP contribution in [0, 0.1) is 0 Å². The van der Waals surface area contributed by atoms with E-state index in [1.54, 1.807) is 0 Å². The van der Waals surface area contributed by atoms with Gasteiger partial charge in [0.15, 0.2) is 17.1 Å². The van der Waals surface area contributed by atoms with Gasteiger partial charge < -0.3 is 4.74 Å². The molecule has 6 aromatic rings. The SMILES string of the molecule is CC1(C)c2cccc3c2N2c4c1ccc1c4C45c6c(cccc6N6c7ccccc7C(C)(C)c7ccc([n+]4c76)-c4ccc(c2[n+]45)C3(C)C)O1. The van der Waals surface area contributed by atoms with Gasteiger partial charge in [-0.2, -0.15) is 18.9 Å². The fourth-order valence-corrected chi connectivity index (χ4v) is 11.3. The van der Waals surface area contributed by atoms with Gasteiger partial charge in [-0.05, 0) is 48.5 Å². The number of nitrogens with zero attached hydrogens (tertiary/aromatic N) is 4. The molecule has 0 bridgehead atoms. The van der Waals surface area contributed by atoms with Crippen molar-refractivity contribution in [3.05, 3.63) is 142 Å². The predicted octanol–water partition coefficient (Wildman–Crippen LogP) is 9.13. The van der Waals surface area contributed by atoms with E-state index in [4.69, 9.17) is 4.74 Å². The van der Waals surface area contributed by atoms with Crippen molar-refractivity contribution in [2.24, 2.45) is 0 Å². The number of hydrogen-bond acceptors (Lipinski definition) is 3. The molecule has 9 heterocycles. The Labute approximate surface area is 285 Å². The molecule has 1 unspecified atom stereocenters. The van der Waals surface area contributed by atoms with Crippen LogP contribution >= 0.6 is 0 Å². The molecule has 5 nitrogen and oxygen atoms in total. The van der Waals surface area contributed by atoms with Crippen molar-refractivity contribution in [2.45, 2.75) is 63.5 Å². The molecule has 0 aliphatic carbocycles. The standard InChI is InChI=1S/C44H34N4O/c1-41(2)23-11-7-8-14-29(23)45-32-15-10-16-33-35(32)44-36-34(49-33)22-19-26-38(36)46-37-24(42(26,3)4)12-9-13-25(37)43(5,6)28-18-21-31(48(44)40(28)46)30-20-17-27(41)39(45)47(30)44/h7-22H,1-6H3/q+2. The number of ether oxygens (including phenoxy) is 1. The minimum atomic E-state index is -0.669. The van der Waals surface area contributed by atoms with Crippen LogP contribution in [0.15, 0.2) is 97.1 Å². The molecule has 0 saturated heterocycles. The van der Waals surface area contributed by atoms with Gasteiger partial charge in [-0.1, -0.05) is 90.1 Å². The Morgan fingerprint density at radius 3 is 1.71 bits per heavy atom. The van der Waals surface area contributed by atoms with E-state index in [1.165, 1.54) is 90.3 Å². The van der Waals surface area contributed by atoms with Crippen LogP contribution in [0.4, 0.5) is 34.4 Å². The average Bonchev–Trinajstić information content (AvgIpc) is 3.39. The lowest BCUT2D eigenvalue weighted by molar-refractivity contribution is -0.929. The molecule has 7 aliphatic rings. The second-order valence-corrected chi connectivity index (χ2v) is 16.6. The molecule has 0 N–H and O–H groups in total. The van der Waals surface area contributed by atoms with Gasteiger partial charge in [0.2, 0.25) is 0 Å². The number of anilines is 6. The van der Waals surface area contributed by atoms with E-state index in [0.29, 0.717) is 0 Å². The summed E-state index contributed by atoms with van der Waals surface area (Å²) < 4.78 is 12.6. The Hall–Kier alpha value is -5.42. The topological polar surface area (TPSA) is 23.5 Å². The predicted molar refractivity (Wildman–Crippen MR) is 190 cm³/mol. The van der Waals surface area contributed by atoms with Gasteiger partial charge >= 0.3 is 5.66 Å². The lowest BCUT2D eigenvalue weighted by Gasteiger charge is -2.51. The number of para-hydroxylation sites is 2. The van der Waals surface area contributed by atoms with Crippen LogP contribution < -0.4 is 23.7 Å². The molecule has 7 aliphatic heterocycles. The molecular weight excluding hydrogens is 601 g/mol. The monoisotopic (exact) mass is 634 g/mol. The average molecular weight is 635 g/mol. The van der Waals surface area contributed by atoms with Crippen molar-refractivity contribution in [3.8, 4) is 22.9 Å². The maximum Gasteiger partial charge on any atom is 0.323 e. The number of aromatic nitrogens is 2. The van der Waals surface area contributed by atoms with Gasteiger partial charge in [0.1, 0.15) is 39.7 Å². The first-order chi connectivity index (χ1) is 23.6. The van der Waals surface area contributed by atoms with Gasteiger partial charge in [0.05, 0.1) is 11.1 Å². The second-order valence-electron chi connectivity index (χ2n) is 16.6. The van der Waals surface area contributed by atoms with E-state index in [0.717, 1.165) is 11.5 Å². The lowest BCUT2D eigenvalue weighted by Crippen LogP contribution is -2.77. The maximum absolute atomic E-state index is 7.12. The molecule has 2 aromatic heterocycles. The zero-order valence-electron chi connectivity index (χ0n) is 28.4. The van der Waals surface area contributed by atoms with Crippen LogP contribution in [0.2, 0.25) is 0 Å². The van der Waals surface area contributed by atoms with Crippen molar-refractivity contribution in [1.29, 1.82) is 0 Å². The van der Waals surface area contributed by atoms with Gasteiger partial charge in [-0.3, -0.25) is 0 Å². The molecule has 0 saturated carbocycles. The zero-order chi connectivity index (χ0) is 32.7. The molecular formula is C44H34N4O+2. The van der Waals surface area contributed by atoms with Crippen molar-refractivity contribution in [2.75, 3.05) is 9.80 Å². The van der Waals surface area contributed by atoms with Crippen molar-refractivity contribution < 1.29 is 13.9 Å². The molecule has 49 heavy (non-hydrogen) atoms. The third kappa shape index (κ3) is 2.25. The first-order valence-corrected chi connectivity index (χ1v) is 17.6. The normalized spacial score (nSPS) is 21.9.